The Hall–Kier alpha value is -2.50. The Morgan fingerprint density at radius 2 is 2.00 bits per heavy atom. The van der Waals surface area contributed by atoms with Gasteiger partial charge >= 0.3 is 5.97 Å². The molecule has 6 heteroatoms. The smallest absolute Gasteiger partial charge is 0.323 e. The van der Waals surface area contributed by atoms with Gasteiger partial charge in [0.1, 0.15) is 11.8 Å². The van der Waals surface area contributed by atoms with Gasteiger partial charge in [-0.1, -0.05) is 35.9 Å². The average Bonchev–Trinajstić information content (AvgIpc) is 3.05. The van der Waals surface area contributed by atoms with Crippen LogP contribution in [0.2, 0.25) is 5.02 Å². The number of carbonyl (C=O) groups excluding carboxylic acids is 1. The largest absolute Gasteiger partial charge is 0.495 e. The summed E-state index contributed by atoms with van der Waals surface area (Å²) >= 11 is 6.33. The minimum atomic E-state index is -0.419. The molecule has 0 fully saturated rings. The fraction of sp³-hybridized carbons (Fsp3) is 0.250. The van der Waals surface area contributed by atoms with Crippen molar-refractivity contribution in [3.63, 3.8) is 0 Å². The lowest BCUT2D eigenvalue weighted by Crippen LogP contribution is -2.45. The number of methoxy groups -OCH3 is 2. The first kappa shape index (κ1) is 16.9. The molecule has 0 saturated carbocycles. The number of H-pyrrole nitrogens is 1. The second-order valence-corrected chi connectivity index (χ2v) is 6.74. The second kappa shape index (κ2) is 6.67. The van der Waals surface area contributed by atoms with Gasteiger partial charge in [-0.15, -0.1) is 0 Å². The van der Waals surface area contributed by atoms with Crippen molar-refractivity contribution in [2.75, 3.05) is 14.2 Å². The molecule has 1 aliphatic rings. The Kier molecular flexibility index (Phi) is 4.34. The van der Waals surface area contributed by atoms with Gasteiger partial charge in [0.2, 0.25) is 0 Å². The van der Waals surface area contributed by atoms with Crippen molar-refractivity contribution < 1.29 is 14.3 Å². The Bertz CT molecular complexity index is 982. The summed E-state index contributed by atoms with van der Waals surface area (Å²) in [6.07, 6.45) is 0.576. The van der Waals surface area contributed by atoms with Gasteiger partial charge in [0.05, 0.1) is 25.3 Å². The molecule has 134 valence electrons. The van der Waals surface area contributed by atoms with Gasteiger partial charge in [0, 0.05) is 23.0 Å². The molecule has 0 saturated heterocycles. The van der Waals surface area contributed by atoms with Gasteiger partial charge in [-0.05, 0) is 29.3 Å². The van der Waals surface area contributed by atoms with E-state index >= 15 is 0 Å². The van der Waals surface area contributed by atoms with E-state index in [9.17, 15) is 4.79 Å². The standard InChI is InChI=1S/C20H19ClN2O3/c1-25-17-8-7-11(9-14(17)21)18-19-13(10-16(23-18)20(24)26-2)12-5-3-4-6-15(12)22-19/h3-9,16,18,22-23H,10H2,1-2H3. The molecule has 2 aromatic carbocycles. The first-order chi connectivity index (χ1) is 12.6. The van der Waals surface area contributed by atoms with Crippen molar-refractivity contribution in [3.05, 3.63) is 64.3 Å². The maximum Gasteiger partial charge on any atom is 0.323 e. The number of rotatable bonds is 3. The molecule has 26 heavy (non-hydrogen) atoms. The summed E-state index contributed by atoms with van der Waals surface area (Å²) in [5.74, 6) is 0.346. The third kappa shape index (κ3) is 2.73. The summed E-state index contributed by atoms with van der Waals surface area (Å²) in [6.45, 7) is 0. The highest BCUT2D eigenvalue weighted by molar-refractivity contribution is 6.32. The topological polar surface area (TPSA) is 63.4 Å². The van der Waals surface area contributed by atoms with Gasteiger partial charge in [-0.2, -0.15) is 0 Å². The number of para-hydroxylation sites is 1. The molecule has 0 aliphatic carbocycles. The number of nitrogens with one attached hydrogen (secondary N) is 2. The first-order valence-electron chi connectivity index (χ1n) is 8.39. The number of halogens is 1. The Labute approximate surface area is 156 Å². The quantitative estimate of drug-likeness (QED) is 0.691. The molecule has 2 heterocycles. The molecule has 2 unspecified atom stereocenters. The number of fused-ring (bicyclic) bond motifs is 3. The van der Waals surface area contributed by atoms with E-state index in [0.29, 0.717) is 17.2 Å². The van der Waals surface area contributed by atoms with Crippen molar-refractivity contribution in [2.24, 2.45) is 0 Å². The van der Waals surface area contributed by atoms with Gasteiger partial charge in [-0.3, -0.25) is 10.1 Å². The van der Waals surface area contributed by atoms with Crippen LogP contribution in [0.5, 0.6) is 5.75 Å². The fourth-order valence-electron chi connectivity index (χ4n) is 3.65. The van der Waals surface area contributed by atoms with E-state index < -0.39 is 6.04 Å². The van der Waals surface area contributed by atoms with Crippen molar-refractivity contribution in [1.82, 2.24) is 10.3 Å². The molecule has 1 aliphatic heterocycles. The molecule has 2 atom stereocenters. The minimum Gasteiger partial charge on any atom is -0.495 e. The summed E-state index contributed by atoms with van der Waals surface area (Å²) < 4.78 is 10.2. The van der Waals surface area contributed by atoms with Crippen molar-refractivity contribution in [1.29, 1.82) is 0 Å². The van der Waals surface area contributed by atoms with Crippen LogP contribution in [0.4, 0.5) is 0 Å². The number of hydrogen-bond donors (Lipinski definition) is 2. The zero-order chi connectivity index (χ0) is 18.3. The van der Waals surface area contributed by atoms with Crippen LogP contribution >= 0.6 is 11.6 Å². The van der Waals surface area contributed by atoms with E-state index in [-0.39, 0.29) is 12.0 Å². The van der Waals surface area contributed by atoms with Gasteiger partial charge in [0.25, 0.3) is 0 Å². The molecular formula is C20H19ClN2O3. The summed E-state index contributed by atoms with van der Waals surface area (Å²) in [5.41, 5.74) is 4.19. The molecule has 3 aromatic rings. The Balaban J connectivity index is 1.86. The van der Waals surface area contributed by atoms with Crippen LogP contribution in [-0.4, -0.2) is 31.2 Å². The molecule has 1 aromatic heterocycles. The summed E-state index contributed by atoms with van der Waals surface area (Å²) in [7, 11) is 3.00. The van der Waals surface area contributed by atoms with E-state index in [2.05, 4.69) is 16.4 Å². The summed E-state index contributed by atoms with van der Waals surface area (Å²) in [5, 5.41) is 5.06. The lowest BCUT2D eigenvalue weighted by atomic mass is 9.90. The van der Waals surface area contributed by atoms with Crippen molar-refractivity contribution >= 4 is 28.5 Å². The van der Waals surface area contributed by atoms with Crippen LogP contribution in [0.3, 0.4) is 0 Å². The number of hydrogen-bond acceptors (Lipinski definition) is 4. The number of benzene rings is 2. The molecule has 4 rings (SSSR count). The predicted molar refractivity (Wildman–Crippen MR) is 101 cm³/mol. The van der Waals surface area contributed by atoms with Gasteiger partial charge in [0.15, 0.2) is 0 Å². The highest BCUT2D eigenvalue weighted by atomic mass is 35.5. The van der Waals surface area contributed by atoms with Crippen LogP contribution in [0.1, 0.15) is 22.9 Å². The third-order valence-corrected chi connectivity index (χ3v) is 5.20. The van der Waals surface area contributed by atoms with E-state index in [1.165, 1.54) is 7.11 Å². The number of esters is 1. The number of aromatic amines is 1. The SMILES string of the molecule is COC(=O)C1Cc2c([nH]c3ccccc23)C(c2ccc(OC)c(Cl)c2)N1. The predicted octanol–water partition coefficient (Wildman–Crippen LogP) is 3.61. The van der Waals surface area contributed by atoms with Gasteiger partial charge < -0.3 is 14.5 Å². The first-order valence-corrected chi connectivity index (χ1v) is 8.77. The Morgan fingerprint density at radius 3 is 2.73 bits per heavy atom. The van der Waals surface area contributed by atoms with Crippen molar-refractivity contribution in [3.8, 4) is 5.75 Å². The van der Waals surface area contributed by atoms with E-state index in [4.69, 9.17) is 21.1 Å². The van der Waals surface area contributed by atoms with Crippen molar-refractivity contribution in [2.45, 2.75) is 18.5 Å². The lowest BCUT2D eigenvalue weighted by molar-refractivity contribution is -0.143. The third-order valence-electron chi connectivity index (χ3n) is 4.91. The molecule has 0 bridgehead atoms. The second-order valence-electron chi connectivity index (χ2n) is 6.34. The van der Waals surface area contributed by atoms with Crippen LogP contribution in [0.15, 0.2) is 42.5 Å². The number of carbonyl (C=O) groups is 1. The molecule has 0 radical (unpaired) electrons. The monoisotopic (exact) mass is 370 g/mol. The maximum atomic E-state index is 12.2. The molecule has 5 nitrogen and oxygen atoms in total. The van der Waals surface area contributed by atoms with Crippen LogP contribution in [-0.2, 0) is 16.0 Å². The fourth-order valence-corrected chi connectivity index (χ4v) is 3.92. The van der Waals surface area contributed by atoms with Gasteiger partial charge in [-0.25, -0.2) is 0 Å². The number of ether oxygens (including phenoxy) is 2. The molecule has 0 amide bonds. The molecular weight excluding hydrogens is 352 g/mol. The van der Waals surface area contributed by atoms with E-state index in [1.807, 2.05) is 36.4 Å². The Morgan fingerprint density at radius 1 is 1.19 bits per heavy atom. The zero-order valence-corrected chi connectivity index (χ0v) is 15.3. The summed E-state index contributed by atoms with van der Waals surface area (Å²) in [4.78, 5) is 15.7. The number of aromatic nitrogens is 1. The van der Waals surface area contributed by atoms with Crippen LogP contribution in [0.25, 0.3) is 10.9 Å². The van der Waals surface area contributed by atoms with Crippen LogP contribution in [0, 0.1) is 0 Å². The van der Waals surface area contributed by atoms with E-state index in [0.717, 1.165) is 27.7 Å². The molecule has 0 spiro atoms. The minimum absolute atomic E-state index is 0.196. The molecule has 2 N–H and O–H groups in total. The lowest BCUT2D eigenvalue weighted by Gasteiger charge is -2.30. The van der Waals surface area contributed by atoms with Crippen LogP contribution < -0.4 is 10.1 Å². The van der Waals surface area contributed by atoms with E-state index in [1.54, 1.807) is 7.11 Å². The summed E-state index contributed by atoms with van der Waals surface area (Å²) in [6, 6.07) is 13.2. The highest BCUT2D eigenvalue weighted by Gasteiger charge is 2.34. The normalized spacial score (nSPS) is 19.2. The average molecular weight is 371 g/mol. The maximum absolute atomic E-state index is 12.2. The zero-order valence-electron chi connectivity index (χ0n) is 14.5. The highest BCUT2D eigenvalue weighted by Crippen LogP contribution is 2.37.